The summed E-state index contributed by atoms with van der Waals surface area (Å²) in [5, 5.41) is 14.9. The number of hydrogen-bond donors (Lipinski definition) is 2. The van der Waals surface area contributed by atoms with E-state index in [1.54, 1.807) is 7.11 Å². The molecule has 1 aliphatic rings. The maximum Gasteiger partial charge on any atom is 0.230 e. The highest BCUT2D eigenvalue weighted by atomic mass is 32.2. The second kappa shape index (κ2) is 9.19. The number of ether oxygens (including phenoxy) is 2. The first kappa shape index (κ1) is 16.5. The summed E-state index contributed by atoms with van der Waals surface area (Å²) in [6.07, 6.45) is 2.49. The Hall–Kier alpha value is -0.900. The van der Waals surface area contributed by atoms with Gasteiger partial charge in [-0.1, -0.05) is 23.1 Å². The lowest BCUT2D eigenvalue weighted by Gasteiger charge is -2.08. The Bertz CT molecular complexity index is 438. The van der Waals surface area contributed by atoms with Crippen LogP contribution in [0.3, 0.4) is 0 Å². The van der Waals surface area contributed by atoms with E-state index in [1.807, 2.05) is 0 Å². The van der Waals surface area contributed by atoms with E-state index in [-0.39, 0.29) is 12.0 Å². The second-order valence-electron chi connectivity index (χ2n) is 4.52. The molecule has 7 nitrogen and oxygen atoms in total. The minimum Gasteiger partial charge on any atom is -0.383 e. The van der Waals surface area contributed by atoms with E-state index < -0.39 is 0 Å². The van der Waals surface area contributed by atoms with Gasteiger partial charge < -0.3 is 20.1 Å². The highest BCUT2D eigenvalue weighted by Crippen LogP contribution is 2.25. The largest absolute Gasteiger partial charge is 0.383 e. The third kappa shape index (κ3) is 6.16. The van der Waals surface area contributed by atoms with Crippen molar-refractivity contribution < 1.29 is 14.3 Å². The summed E-state index contributed by atoms with van der Waals surface area (Å²) in [6.45, 7) is 2.66. The summed E-state index contributed by atoms with van der Waals surface area (Å²) in [6, 6.07) is 0. The molecule has 0 unspecified atom stereocenters. The lowest BCUT2D eigenvalue weighted by molar-refractivity contribution is -0.118. The molecule has 0 spiro atoms. The third-order valence-corrected chi connectivity index (χ3v) is 4.88. The molecule has 2 N–H and O–H groups in total. The Morgan fingerprint density at radius 1 is 1.57 bits per heavy atom. The summed E-state index contributed by atoms with van der Waals surface area (Å²) in [5.74, 6) is 0.311. The SMILES string of the molecule is COCCNC(=O)CSc1nnc(NC[C@@H]2CCCO2)s1. The maximum absolute atomic E-state index is 11.5. The summed E-state index contributed by atoms with van der Waals surface area (Å²) >= 11 is 2.84. The van der Waals surface area contributed by atoms with Gasteiger partial charge in [0.2, 0.25) is 11.0 Å². The van der Waals surface area contributed by atoms with Crippen molar-refractivity contribution in [3.63, 3.8) is 0 Å². The first-order chi connectivity index (χ1) is 10.3. The zero-order valence-electron chi connectivity index (χ0n) is 12.0. The van der Waals surface area contributed by atoms with Gasteiger partial charge in [-0.3, -0.25) is 4.79 Å². The Balaban J connectivity index is 1.64. The smallest absolute Gasteiger partial charge is 0.230 e. The van der Waals surface area contributed by atoms with E-state index in [0.29, 0.717) is 18.9 Å². The first-order valence-electron chi connectivity index (χ1n) is 6.85. The standard InChI is InChI=1S/C12H20N4O3S2/c1-18-6-4-13-10(17)8-20-12-16-15-11(21-12)14-7-9-3-2-5-19-9/h9H,2-8H2,1H3,(H,13,17)(H,14,15)/t9-/m0/s1. The first-order valence-corrected chi connectivity index (χ1v) is 8.65. The van der Waals surface area contributed by atoms with Gasteiger partial charge >= 0.3 is 0 Å². The van der Waals surface area contributed by atoms with Gasteiger partial charge in [0.25, 0.3) is 0 Å². The van der Waals surface area contributed by atoms with E-state index in [1.165, 1.54) is 23.1 Å². The molecule has 0 bridgehead atoms. The van der Waals surface area contributed by atoms with Crippen LogP contribution in [0.15, 0.2) is 4.34 Å². The molecule has 2 rings (SSSR count). The number of anilines is 1. The fourth-order valence-electron chi connectivity index (χ4n) is 1.82. The van der Waals surface area contributed by atoms with Crippen LogP contribution in [0.1, 0.15) is 12.8 Å². The minimum absolute atomic E-state index is 0.0267. The number of hydrogen-bond acceptors (Lipinski definition) is 8. The number of thioether (sulfide) groups is 1. The van der Waals surface area contributed by atoms with Gasteiger partial charge in [-0.2, -0.15) is 0 Å². The van der Waals surface area contributed by atoms with Crippen molar-refractivity contribution in [1.82, 2.24) is 15.5 Å². The molecule has 21 heavy (non-hydrogen) atoms. The predicted molar refractivity (Wildman–Crippen MR) is 83.0 cm³/mol. The van der Waals surface area contributed by atoms with Gasteiger partial charge in [0.15, 0.2) is 4.34 Å². The Morgan fingerprint density at radius 2 is 2.48 bits per heavy atom. The van der Waals surface area contributed by atoms with Crippen molar-refractivity contribution in [3.8, 4) is 0 Å². The van der Waals surface area contributed by atoms with E-state index in [9.17, 15) is 4.79 Å². The summed E-state index contributed by atoms with van der Waals surface area (Å²) in [4.78, 5) is 11.5. The highest BCUT2D eigenvalue weighted by Gasteiger charge is 2.16. The topological polar surface area (TPSA) is 85.4 Å². The van der Waals surface area contributed by atoms with Gasteiger partial charge in [-0.05, 0) is 12.8 Å². The van der Waals surface area contributed by atoms with Crippen LogP contribution >= 0.6 is 23.1 Å². The molecule has 0 aromatic carbocycles. The van der Waals surface area contributed by atoms with Crippen molar-refractivity contribution >= 4 is 34.1 Å². The van der Waals surface area contributed by atoms with Gasteiger partial charge in [-0.15, -0.1) is 10.2 Å². The van der Waals surface area contributed by atoms with E-state index >= 15 is 0 Å². The number of carbonyl (C=O) groups is 1. The van der Waals surface area contributed by atoms with Gasteiger partial charge in [0, 0.05) is 26.8 Å². The van der Waals surface area contributed by atoms with Crippen LogP contribution in [-0.2, 0) is 14.3 Å². The van der Waals surface area contributed by atoms with Crippen LogP contribution in [0.2, 0.25) is 0 Å². The number of rotatable bonds is 9. The number of nitrogens with zero attached hydrogens (tertiary/aromatic N) is 2. The average Bonchev–Trinajstić information content (AvgIpc) is 3.15. The summed E-state index contributed by atoms with van der Waals surface area (Å²) < 4.78 is 11.2. The van der Waals surface area contributed by atoms with Crippen LogP contribution in [0.25, 0.3) is 0 Å². The number of carbonyl (C=O) groups excluding carboxylic acids is 1. The van der Waals surface area contributed by atoms with E-state index in [2.05, 4.69) is 20.8 Å². The number of aromatic nitrogens is 2. The number of amides is 1. The predicted octanol–water partition coefficient (Wildman–Crippen LogP) is 0.984. The molecule has 1 fully saturated rings. The van der Waals surface area contributed by atoms with Gasteiger partial charge in [0.1, 0.15) is 0 Å². The zero-order chi connectivity index (χ0) is 14.9. The van der Waals surface area contributed by atoms with Crippen LogP contribution in [0.5, 0.6) is 0 Å². The second-order valence-corrected chi connectivity index (χ2v) is 6.72. The molecule has 118 valence electrons. The fraction of sp³-hybridized carbons (Fsp3) is 0.750. The normalized spacial score (nSPS) is 17.9. The summed E-state index contributed by atoms with van der Waals surface area (Å²) in [7, 11) is 1.60. The Morgan fingerprint density at radius 3 is 3.24 bits per heavy atom. The number of methoxy groups -OCH3 is 1. The van der Waals surface area contributed by atoms with Crippen LogP contribution < -0.4 is 10.6 Å². The lowest BCUT2D eigenvalue weighted by Crippen LogP contribution is -2.28. The van der Waals surface area contributed by atoms with Crippen LogP contribution in [-0.4, -0.2) is 61.4 Å². The summed E-state index contributed by atoms with van der Waals surface area (Å²) in [5.41, 5.74) is 0. The molecule has 1 aliphatic heterocycles. The molecule has 1 saturated heterocycles. The third-order valence-electron chi connectivity index (χ3n) is 2.87. The molecule has 1 amide bonds. The lowest BCUT2D eigenvalue weighted by atomic mass is 10.2. The molecule has 9 heteroatoms. The number of nitrogens with one attached hydrogen (secondary N) is 2. The van der Waals surface area contributed by atoms with Crippen molar-refractivity contribution in [2.45, 2.75) is 23.3 Å². The Kier molecular flexibility index (Phi) is 7.20. The quantitative estimate of drug-likeness (QED) is 0.515. The molecule has 2 heterocycles. The van der Waals surface area contributed by atoms with E-state index in [0.717, 1.165) is 35.5 Å². The molecular formula is C12H20N4O3S2. The van der Waals surface area contributed by atoms with Crippen molar-refractivity contribution in [2.24, 2.45) is 0 Å². The Labute approximate surface area is 132 Å². The van der Waals surface area contributed by atoms with Gasteiger partial charge in [-0.25, -0.2) is 0 Å². The molecular weight excluding hydrogens is 312 g/mol. The van der Waals surface area contributed by atoms with Gasteiger partial charge in [0.05, 0.1) is 18.5 Å². The molecule has 1 atom stereocenters. The van der Waals surface area contributed by atoms with Crippen LogP contribution in [0.4, 0.5) is 5.13 Å². The molecule has 0 saturated carbocycles. The highest BCUT2D eigenvalue weighted by molar-refractivity contribution is 8.01. The fourth-order valence-corrected chi connectivity index (χ4v) is 3.41. The minimum atomic E-state index is -0.0267. The molecule has 1 aromatic rings. The molecule has 0 radical (unpaired) electrons. The monoisotopic (exact) mass is 332 g/mol. The average molecular weight is 332 g/mol. The van der Waals surface area contributed by atoms with Crippen molar-refractivity contribution in [2.75, 3.05) is 44.5 Å². The zero-order valence-corrected chi connectivity index (χ0v) is 13.6. The van der Waals surface area contributed by atoms with Crippen molar-refractivity contribution in [1.29, 1.82) is 0 Å². The maximum atomic E-state index is 11.5. The van der Waals surface area contributed by atoms with E-state index in [4.69, 9.17) is 9.47 Å². The molecule has 1 aromatic heterocycles. The molecule has 0 aliphatic carbocycles. The van der Waals surface area contributed by atoms with Crippen molar-refractivity contribution in [3.05, 3.63) is 0 Å². The van der Waals surface area contributed by atoms with Crippen LogP contribution in [0, 0.1) is 0 Å².